The molecular formula is C30H37NO6. The fourth-order valence-electron chi connectivity index (χ4n) is 6.68. The summed E-state index contributed by atoms with van der Waals surface area (Å²) in [5.74, 6) is -3.26. The number of amides is 1. The lowest BCUT2D eigenvalue weighted by Crippen LogP contribution is -2.60. The minimum atomic E-state index is -1.82. The lowest BCUT2D eigenvalue weighted by atomic mass is 9.51. The average Bonchev–Trinajstić information content (AvgIpc) is 3.13. The van der Waals surface area contributed by atoms with Crippen LogP contribution in [0.25, 0.3) is 0 Å². The Kier molecular flexibility index (Phi) is 7.32. The van der Waals surface area contributed by atoms with Gasteiger partial charge in [-0.2, -0.15) is 0 Å². The van der Waals surface area contributed by atoms with Crippen molar-refractivity contribution in [1.82, 2.24) is 5.32 Å². The monoisotopic (exact) mass is 507 g/mol. The van der Waals surface area contributed by atoms with Crippen LogP contribution < -0.4 is 5.32 Å². The van der Waals surface area contributed by atoms with Crippen LogP contribution in [0.5, 0.6) is 0 Å². The van der Waals surface area contributed by atoms with Gasteiger partial charge in [-0.1, -0.05) is 62.9 Å². The standard InChI is InChI=1S/C30H37NO6/c1-17-10-9-13-22-26(33)19(3)18(2)25-23(16-21-11-7-6-8-12-21)31-28(35)30(22,25)24(37-20(4)32)14-15-29(5,36)27(17)34/h6-9,11-15,17-18,22-26,33,36H,3,10,16H2,1-2,4-5H3,(H,31,35)/b13-9-,15-14-/t17-,18+,22-,23-,24-,25+,26-,29-,30-/m1/s1. The van der Waals surface area contributed by atoms with E-state index in [1.54, 1.807) is 19.1 Å². The molecule has 0 aromatic heterocycles. The molecular weight excluding hydrogens is 470 g/mol. The van der Waals surface area contributed by atoms with Gasteiger partial charge in [-0.25, -0.2) is 0 Å². The number of esters is 1. The summed E-state index contributed by atoms with van der Waals surface area (Å²) in [6.45, 7) is 10.5. The Morgan fingerprint density at radius 1 is 1.19 bits per heavy atom. The molecule has 1 aromatic rings. The highest BCUT2D eigenvalue weighted by atomic mass is 16.5. The van der Waals surface area contributed by atoms with Gasteiger partial charge in [0.2, 0.25) is 5.91 Å². The van der Waals surface area contributed by atoms with E-state index < -0.39 is 46.9 Å². The van der Waals surface area contributed by atoms with Crippen LogP contribution in [0.4, 0.5) is 0 Å². The topological polar surface area (TPSA) is 113 Å². The van der Waals surface area contributed by atoms with Gasteiger partial charge in [0.25, 0.3) is 0 Å². The summed E-state index contributed by atoms with van der Waals surface area (Å²) in [5.41, 5.74) is -1.55. The molecule has 0 bridgehead atoms. The lowest BCUT2D eigenvalue weighted by Gasteiger charge is -2.52. The van der Waals surface area contributed by atoms with E-state index >= 15 is 0 Å². The van der Waals surface area contributed by atoms with Crippen molar-refractivity contribution < 1.29 is 29.3 Å². The highest BCUT2D eigenvalue weighted by molar-refractivity contribution is 5.91. The Bertz CT molecular complexity index is 1140. The van der Waals surface area contributed by atoms with Gasteiger partial charge < -0.3 is 20.3 Å². The SMILES string of the molecule is C=C1[C@@H](O)[C@H]2/C=C\C[C@@H](C)C(=O)[C@](C)(O)/C=C\[C@@H](OC(C)=O)[C@]23C(=O)N[C@H](Cc2ccccc2)[C@@H]3[C@H]1C. The number of ether oxygens (including phenoxy) is 1. The fourth-order valence-corrected chi connectivity index (χ4v) is 6.68. The number of Topliss-reactive ketones (excluding diaryl/α,β-unsaturated/α-hetero) is 1. The number of hydrogen-bond donors (Lipinski definition) is 3. The Labute approximate surface area is 218 Å². The van der Waals surface area contributed by atoms with Crippen molar-refractivity contribution in [2.75, 3.05) is 0 Å². The molecule has 3 N–H and O–H groups in total. The van der Waals surface area contributed by atoms with Crippen molar-refractivity contribution in [2.24, 2.45) is 29.1 Å². The van der Waals surface area contributed by atoms with Crippen LogP contribution in [0.3, 0.4) is 0 Å². The highest BCUT2D eigenvalue weighted by Crippen LogP contribution is 2.58. The van der Waals surface area contributed by atoms with Crippen molar-refractivity contribution in [1.29, 1.82) is 0 Å². The maximum atomic E-state index is 14.2. The molecule has 1 heterocycles. The zero-order valence-corrected chi connectivity index (χ0v) is 21.9. The van der Waals surface area contributed by atoms with E-state index in [-0.39, 0.29) is 23.7 Å². The molecule has 9 atom stereocenters. The number of allylic oxidation sites excluding steroid dienone is 1. The molecule has 1 amide bonds. The van der Waals surface area contributed by atoms with Gasteiger partial charge in [0.1, 0.15) is 17.1 Å². The zero-order valence-electron chi connectivity index (χ0n) is 21.9. The maximum Gasteiger partial charge on any atom is 0.303 e. The van der Waals surface area contributed by atoms with Crippen LogP contribution in [-0.4, -0.2) is 51.7 Å². The third kappa shape index (κ3) is 4.59. The summed E-state index contributed by atoms with van der Waals surface area (Å²) in [7, 11) is 0. The van der Waals surface area contributed by atoms with Gasteiger partial charge in [-0.3, -0.25) is 14.4 Å². The van der Waals surface area contributed by atoms with Crippen LogP contribution in [0.1, 0.15) is 39.7 Å². The number of aliphatic hydroxyl groups excluding tert-OH is 1. The van der Waals surface area contributed by atoms with Crippen molar-refractivity contribution in [3.05, 3.63) is 72.4 Å². The van der Waals surface area contributed by atoms with Crippen LogP contribution >= 0.6 is 0 Å². The summed E-state index contributed by atoms with van der Waals surface area (Å²) in [6, 6.07) is 9.49. The second-order valence-electron chi connectivity index (χ2n) is 11.0. The normalized spacial score (nSPS) is 41.6. The lowest BCUT2D eigenvalue weighted by molar-refractivity contribution is -0.166. The smallest absolute Gasteiger partial charge is 0.303 e. The molecule has 7 nitrogen and oxygen atoms in total. The second kappa shape index (κ2) is 10.0. The van der Waals surface area contributed by atoms with Crippen LogP contribution in [0, 0.1) is 29.1 Å². The Balaban J connectivity index is 1.94. The average molecular weight is 508 g/mol. The quantitative estimate of drug-likeness (QED) is 0.428. The van der Waals surface area contributed by atoms with E-state index in [0.717, 1.165) is 5.56 Å². The van der Waals surface area contributed by atoms with Crippen molar-refractivity contribution in [2.45, 2.75) is 64.4 Å². The largest absolute Gasteiger partial charge is 0.457 e. The first kappa shape index (κ1) is 27.0. The van der Waals surface area contributed by atoms with E-state index in [0.29, 0.717) is 18.4 Å². The molecule has 1 saturated heterocycles. The second-order valence-corrected chi connectivity index (χ2v) is 11.0. The van der Waals surface area contributed by atoms with Gasteiger partial charge in [0.05, 0.1) is 6.10 Å². The van der Waals surface area contributed by atoms with Crippen molar-refractivity contribution >= 4 is 17.7 Å². The molecule has 198 valence electrons. The van der Waals surface area contributed by atoms with E-state index in [4.69, 9.17) is 4.74 Å². The first-order chi connectivity index (χ1) is 17.4. The number of benzene rings is 1. The first-order valence-corrected chi connectivity index (χ1v) is 12.9. The molecule has 1 saturated carbocycles. The highest BCUT2D eigenvalue weighted by Gasteiger charge is 2.68. The van der Waals surface area contributed by atoms with Gasteiger partial charge in [0, 0.05) is 30.7 Å². The predicted octanol–water partition coefficient (Wildman–Crippen LogP) is 2.92. The summed E-state index contributed by atoms with van der Waals surface area (Å²) < 4.78 is 5.81. The minimum absolute atomic E-state index is 0.287. The third-order valence-electron chi connectivity index (χ3n) is 8.53. The number of rotatable bonds is 3. The zero-order chi connectivity index (χ0) is 27.1. The summed E-state index contributed by atoms with van der Waals surface area (Å²) >= 11 is 0. The molecule has 0 unspecified atom stereocenters. The summed E-state index contributed by atoms with van der Waals surface area (Å²) in [4.78, 5) is 39.5. The number of ketones is 1. The number of hydrogen-bond acceptors (Lipinski definition) is 6. The van der Waals surface area contributed by atoms with Crippen molar-refractivity contribution in [3.8, 4) is 0 Å². The van der Waals surface area contributed by atoms with E-state index in [1.807, 2.05) is 37.3 Å². The van der Waals surface area contributed by atoms with Gasteiger partial charge >= 0.3 is 5.97 Å². The molecule has 2 fully saturated rings. The predicted molar refractivity (Wildman–Crippen MR) is 139 cm³/mol. The van der Waals surface area contributed by atoms with Gasteiger partial charge in [0.15, 0.2) is 5.78 Å². The van der Waals surface area contributed by atoms with Crippen LogP contribution in [-0.2, 0) is 25.5 Å². The summed E-state index contributed by atoms with van der Waals surface area (Å²) in [5, 5.41) is 25.7. The Morgan fingerprint density at radius 3 is 2.51 bits per heavy atom. The van der Waals surface area contributed by atoms with Gasteiger partial charge in [-0.15, -0.1) is 0 Å². The maximum absolute atomic E-state index is 14.2. The van der Waals surface area contributed by atoms with Crippen LogP contribution in [0.2, 0.25) is 0 Å². The third-order valence-corrected chi connectivity index (χ3v) is 8.53. The molecule has 0 radical (unpaired) electrons. The Hall–Kier alpha value is -3.03. The number of aliphatic hydroxyl groups is 2. The first-order valence-electron chi connectivity index (χ1n) is 12.9. The molecule has 2 aliphatic carbocycles. The number of nitrogens with one attached hydrogen (secondary N) is 1. The van der Waals surface area contributed by atoms with Crippen molar-refractivity contribution in [3.63, 3.8) is 0 Å². The van der Waals surface area contributed by atoms with Crippen LogP contribution in [0.15, 0.2) is 66.8 Å². The molecule has 4 rings (SSSR count). The van der Waals surface area contributed by atoms with Gasteiger partial charge in [-0.05, 0) is 49.0 Å². The molecule has 1 aliphatic heterocycles. The minimum Gasteiger partial charge on any atom is -0.457 e. The molecule has 1 spiro atoms. The van der Waals surface area contributed by atoms with E-state index in [2.05, 4.69) is 11.9 Å². The molecule has 3 aliphatic rings. The molecule has 37 heavy (non-hydrogen) atoms. The summed E-state index contributed by atoms with van der Waals surface area (Å²) in [6.07, 6.45) is 5.01. The van der Waals surface area contributed by atoms with E-state index in [9.17, 15) is 24.6 Å². The number of carbonyl (C=O) groups is 3. The molecule has 7 heteroatoms. The Morgan fingerprint density at radius 2 is 1.86 bits per heavy atom. The van der Waals surface area contributed by atoms with E-state index in [1.165, 1.54) is 26.0 Å². The number of carbonyl (C=O) groups excluding carboxylic acids is 3. The molecule has 1 aromatic carbocycles. The fraction of sp³-hybridized carbons (Fsp3) is 0.500.